The van der Waals surface area contributed by atoms with Crippen LogP contribution in [0.15, 0.2) is 24.3 Å². The van der Waals surface area contributed by atoms with Crippen LogP contribution in [0, 0.1) is 0 Å². The highest BCUT2D eigenvalue weighted by molar-refractivity contribution is 5.37. The van der Waals surface area contributed by atoms with Crippen molar-refractivity contribution in [2.45, 2.75) is 50.7 Å². The maximum Gasteiger partial charge on any atom is 0.122 e. The number of benzene rings is 1. The largest absolute Gasteiger partial charge is 0.493 e. The lowest BCUT2D eigenvalue weighted by Crippen LogP contribution is -2.30. The van der Waals surface area contributed by atoms with E-state index in [1.54, 1.807) is 7.11 Å². The highest BCUT2D eigenvalue weighted by Crippen LogP contribution is 2.36. The van der Waals surface area contributed by atoms with E-state index < -0.39 is 0 Å². The molecule has 3 unspecified atom stereocenters. The zero-order valence-electron chi connectivity index (χ0n) is 12.9. The molecule has 1 aromatic rings. The summed E-state index contributed by atoms with van der Waals surface area (Å²) in [6.45, 7) is 2.98. The molecule has 112 valence electrons. The molecule has 0 radical (unpaired) electrons. The lowest BCUT2D eigenvalue weighted by molar-refractivity contribution is 0.105. The molecule has 0 aromatic heterocycles. The van der Waals surface area contributed by atoms with Crippen LogP contribution in [0.5, 0.6) is 5.75 Å². The highest BCUT2D eigenvalue weighted by Gasteiger charge is 2.23. The van der Waals surface area contributed by atoms with Crippen LogP contribution in [0.3, 0.4) is 0 Å². The van der Waals surface area contributed by atoms with Gasteiger partial charge in [-0.1, -0.05) is 18.2 Å². The minimum Gasteiger partial charge on any atom is -0.493 e. The summed E-state index contributed by atoms with van der Waals surface area (Å²) in [4.78, 5) is 0. The van der Waals surface area contributed by atoms with Gasteiger partial charge in [-0.15, -0.1) is 0 Å². The van der Waals surface area contributed by atoms with Crippen LogP contribution >= 0.6 is 0 Å². The summed E-state index contributed by atoms with van der Waals surface area (Å²) in [6.07, 6.45) is 4.90. The first-order chi connectivity index (χ1) is 9.74. The fourth-order valence-electron chi connectivity index (χ4n) is 2.94. The molecule has 1 N–H and O–H groups in total. The van der Waals surface area contributed by atoms with Crippen molar-refractivity contribution in [1.29, 1.82) is 0 Å². The summed E-state index contributed by atoms with van der Waals surface area (Å²) in [5.41, 5.74) is 1.37. The number of methoxy groups -OCH3 is 1. The standard InChI is InChI=1S/C17H27NO2/c1-13(19-3)8-9-15(18-2)12-14-10-11-20-17-7-5-4-6-16(14)17/h4-7,13-15,18H,8-12H2,1-3H3. The zero-order chi connectivity index (χ0) is 14.4. The predicted molar refractivity (Wildman–Crippen MR) is 82.5 cm³/mol. The van der Waals surface area contributed by atoms with Gasteiger partial charge in [0.1, 0.15) is 5.75 Å². The van der Waals surface area contributed by atoms with Crippen molar-refractivity contribution in [3.63, 3.8) is 0 Å². The first kappa shape index (κ1) is 15.3. The molecule has 1 aliphatic heterocycles. The molecular weight excluding hydrogens is 250 g/mol. The van der Waals surface area contributed by atoms with Crippen molar-refractivity contribution < 1.29 is 9.47 Å². The van der Waals surface area contributed by atoms with Crippen LogP contribution in [0.2, 0.25) is 0 Å². The third-order valence-electron chi connectivity index (χ3n) is 4.38. The SMILES string of the molecule is CNC(CCC(C)OC)CC1CCOc2ccccc21. The van der Waals surface area contributed by atoms with Crippen LogP contribution < -0.4 is 10.1 Å². The topological polar surface area (TPSA) is 30.5 Å². The van der Waals surface area contributed by atoms with E-state index in [0.717, 1.165) is 31.6 Å². The predicted octanol–water partition coefficient (Wildman–Crippen LogP) is 3.35. The highest BCUT2D eigenvalue weighted by atomic mass is 16.5. The third kappa shape index (κ3) is 3.97. The number of hydrogen-bond acceptors (Lipinski definition) is 3. The summed E-state index contributed by atoms with van der Waals surface area (Å²) >= 11 is 0. The second kappa shape index (κ2) is 7.65. The molecule has 20 heavy (non-hydrogen) atoms. The summed E-state index contributed by atoms with van der Waals surface area (Å²) in [5.74, 6) is 1.68. The number of ether oxygens (including phenoxy) is 2. The molecule has 3 heteroatoms. The van der Waals surface area contributed by atoms with E-state index in [1.165, 1.54) is 12.0 Å². The van der Waals surface area contributed by atoms with Crippen LogP contribution in [0.25, 0.3) is 0 Å². The van der Waals surface area contributed by atoms with Crippen molar-refractivity contribution in [3.8, 4) is 5.75 Å². The Balaban J connectivity index is 1.95. The van der Waals surface area contributed by atoms with E-state index in [-0.39, 0.29) is 0 Å². The normalized spacial score (nSPS) is 20.9. The Labute approximate surface area is 122 Å². The number of para-hydroxylation sites is 1. The van der Waals surface area contributed by atoms with Gasteiger partial charge >= 0.3 is 0 Å². The number of hydrogen-bond donors (Lipinski definition) is 1. The fraction of sp³-hybridized carbons (Fsp3) is 0.647. The van der Waals surface area contributed by atoms with Gasteiger partial charge in [0.25, 0.3) is 0 Å². The summed E-state index contributed by atoms with van der Waals surface area (Å²) < 4.78 is 11.1. The Kier molecular flexibility index (Phi) is 5.86. The maximum absolute atomic E-state index is 5.74. The second-order valence-electron chi connectivity index (χ2n) is 5.72. The molecule has 0 saturated carbocycles. The zero-order valence-corrected chi connectivity index (χ0v) is 12.9. The Morgan fingerprint density at radius 3 is 2.90 bits per heavy atom. The maximum atomic E-state index is 5.74. The minimum atomic E-state index is 0.341. The lowest BCUT2D eigenvalue weighted by Gasteiger charge is -2.29. The van der Waals surface area contributed by atoms with Crippen LogP contribution in [0.1, 0.15) is 44.1 Å². The second-order valence-corrected chi connectivity index (χ2v) is 5.72. The van der Waals surface area contributed by atoms with Crippen molar-refractivity contribution in [1.82, 2.24) is 5.32 Å². The van der Waals surface area contributed by atoms with Crippen molar-refractivity contribution in [3.05, 3.63) is 29.8 Å². The summed E-state index contributed by atoms with van der Waals surface area (Å²) in [7, 11) is 3.85. The average molecular weight is 277 g/mol. The minimum absolute atomic E-state index is 0.341. The average Bonchev–Trinajstić information content (AvgIpc) is 2.51. The van der Waals surface area contributed by atoms with Gasteiger partial charge in [0.15, 0.2) is 0 Å². The quantitative estimate of drug-likeness (QED) is 0.829. The summed E-state index contributed by atoms with van der Waals surface area (Å²) in [6, 6.07) is 9.01. The molecule has 0 bridgehead atoms. The van der Waals surface area contributed by atoms with Gasteiger partial charge < -0.3 is 14.8 Å². The van der Waals surface area contributed by atoms with Gasteiger partial charge in [-0.2, -0.15) is 0 Å². The fourth-order valence-corrected chi connectivity index (χ4v) is 2.94. The first-order valence-electron chi connectivity index (χ1n) is 7.66. The van der Waals surface area contributed by atoms with Gasteiger partial charge in [0.05, 0.1) is 12.7 Å². The van der Waals surface area contributed by atoms with Crippen molar-refractivity contribution in [2.24, 2.45) is 0 Å². The van der Waals surface area contributed by atoms with E-state index >= 15 is 0 Å². The van der Waals surface area contributed by atoms with E-state index in [9.17, 15) is 0 Å². The Morgan fingerprint density at radius 1 is 1.35 bits per heavy atom. The Hall–Kier alpha value is -1.06. The Bertz CT molecular complexity index is 408. The molecule has 1 aromatic carbocycles. The Morgan fingerprint density at radius 2 is 2.15 bits per heavy atom. The molecule has 2 rings (SSSR count). The van der Waals surface area contributed by atoms with Crippen molar-refractivity contribution in [2.75, 3.05) is 20.8 Å². The number of fused-ring (bicyclic) bond motifs is 1. The summed E-state index contributed by atoms with van der Waals surface area (Å²) in [5, 5.41) is 3.46. The van der Waals surface area contributed by atoms with Gasteiger partial charge in [-0.25, -0.2) is 0 Å². The molecule has 0 fully saturated rings. The van der Waals surface area contributed by atoms with Gasteiger partial charge in [-0.05, 0) is 57.2 Å². The smallest absolute Gasteiger partial charge is 0.122 e. The molecule has 0 spiro atoms. The van der Waals surface area contributed by atoms with Gasteiger partial charge in [-0.3, -0.25) is 0 Å². The van der Waals surface area contributed by atoms with Crippen LogP contribution in [-0.2, 0) is 4.74 Å². The molecule has 0 saturated heterocycles. The molecule has 3 atom stereocenters. The molecule has 1 heterocycles. The lowest BCUT2D eigenvalue weighted by atomic mass is 9.86. The number of rotatable bonds is 7. The van der Waals surface area contributed by atoms with Crippen LogP contribution in [-0.4, -0.2) is 32.9 Å². The van der Waals surface area contributed by atoms with E-state index in [4.69, 9.17) is 9.47 Å². The monoisotopic (exact) mass is 277 g/mol. The van der Waals surface area contributed by atoms with E-state index in [0.29, 0.717) is 18.1 Å². The molecule has 3 nitrogen and oxygen atoms in total. The molecular formula is C17H27NO2. The van der Waals surface area contributed by atoms with E-state index in [1.807, 2.05) is 0 Å². The molecule has 0 aliphatic carbocycles. The third-order valence-corrected chi connectivity index (χ3v) is 4.38. The van der Waals surface area contributed by atoms with Crippen LogP contribution in [0.4, 0.5) is 0 Å². The molecule has 0 amide bonds. The van der Waals surface area contributed by atoms with Gasteiger partial charge in [0.2, 0.25) is 0 Å². The van der Waals surface area contributed by atoms with Gasteiger partial charge in [0, 0.05) is 13.2 Å². The molecule has 1 aliphatic rings. The first-order valence-corrected chi connectivity index (χ1v) is 7.66. The number of nitrogens with one attached hydrogen (secondary N) is 1. The van der Waals surface area contributed by atoms with Crippen molar-refractivity contribution >= 4 is 0 Å². The van der Waals surface area contributed by atoms with E-state index in [2.05, 4.69) is 43.6 Å².